The molecule has 6 rings (SSSR count). The fraction of sp³-hybridized carbons (Fsp3) is 0.811. The van der Waals surface area contributed by atoms with Gasteiger partial charge in [0, 0.05) is 55.0 Å². The Bertz CT molecular complexity index is 1330. The number of likely N-dealkylation sites (tertiary alicyclic amines) is 2. The van der Waals surface area contributed by atoms with Crippen molar-refractivity contribution in [3.63, 3.8) is 0 Å². The summed E-state index contributed by atoms with van der Waals surface area (Å²) in [6.07, 6.45) is 3.45. The number of alkyl halides is 5. The van der Waals surface area contributed by atoms with E-state index in [4.69, 9.17) is 9.47 Å². The average Bonchev–Trinajstić information content (AvgIpc) is 3.72. The lowest BCUT2D eigenvalue weighted by Crippen LogP contribution is -2.47. The number of ether oxygens (including phenoxy) is 2. The highest BCUT2D eigenvalue weighted by Crippen LogP contribution is 2.63. The average molecular weight is 717 g/mol. The molecule has 2 saturated carbocycles. The third-order valence-electron chi connectivity index (χ3n) is 12.9. The van der Waals surface area contributed by atoms with Gasteiger partial charge in [-0.15, -0.1) is 0 Å². The molecule has 12 heteroatoms. The number of hydrogen-bond acceptors (Lipinski definition) is 5. The van der Waals surface area contributed by atoms with Gasteiger partial charge in [0.1, 0.15) is 5.75 Å². The minimum absolute atomic E-state index is 0.0793. The first-order valence-electron chi connectivity index (χ1n) is 18.5. The van der Waals surface area contributed by atoms with E-state index in [0.717, 1.165) is 64.5 Å². The molecule has 3 aliphatic carbocycles. The number of fused-ring (bicyclic) bond motifs is 5. The van der Waals surface area contributed by atoms with Crippen molar-refractivity contribution in [3.05, 3.63) is 29.3 Å². The Morgan fingerprint density at radius 1 is 0.980 bits per heavy atom. The van der Waals surface area contributed by atoms with Crippen LogP contribution < -0.4 is 4.74 Å². The van der Waals surface area contributed by atoms with E-state index in [1.54, 1.807) is 7.11 Å². The van der Waals surface area contributed by atoms with E-state index in [0.29, 0.717) is 55.0 Å². The number of carbonyl (C=O) groups excluding carboxylic acids is 1. The summed E-state index contributed by atoms with van der Waals surface area (Å²) in [5, 5.41) is 0. The maximum absolute atomic E-state index is 13.3. The van der Waals surface area contributed by atoms with Gasteiger partial charge >= 0.3 is 18.2 Å². The summed E-state index contributed by atoms with van der Waals surface area (Å²) in [7, 11) is 0.339. The standard InChI is InChI=1S/C37H53F5N2O4S/c1-35-16-12-30-29-9-8-28(48-34(45)44-19-13-27(14-20-44)43-17-3-4-18-43)24-26(29)23-25(33(30)31(35)10-11-32(35)47-2)7-5-21-49(46)22-6-15-36(38,39)37(40,41)42/h8-9,24-25,27,30-33H,3-7,10-23H2,1-2H3/t25-,30-,31+,32+,33-,35+,49?/m1/s1. The summed E-state index contributed by atoms with van der Waals surface area (Å²) in [6.45, 7) is 6.08. The van der Waals surface area contributed by atoms with Gasteiger partial charge in [0.05, 0.1) is 6.10 Å². The van der Waals surface area contributed by atoms with Gasteiger partial charge < -0.3 is 19.3 Å². The topological polar surface area (TPSA) is 59.1 Å². The summed E-state index contributed by atoms with van der Waals surface area (Å²) in [6, 6.07) is 6.68. The van der Waals surface area contributed by atoms with Crippen LogP contribution in [-0.4, -0.2) is 89.1 Å². The lowest BCUT2D eigenvalue weighted by molar-refractivity contribution is -0.284. The number of benzene rings is 1. The number of halogens is 5. The summed E-state index contributed by atoms with van der Waals surface area (Å²) in [5.41, 5.74) is 2.59. The van der Waals surface area contributed by atoms with Crippen molar-refractivity contribution in [2.45, 2.75) is 121 Å². The van der Waals surface area contributed by atoms with E-state index in [-0.39, 0.29) is 29.1 Å². The Kier molecular flexibility index (Phi) is 11.4. The predicted molar refractivity (Wildman–Crippen MR) is 180 cm³/mol. The minimum atomic E-state index is -5.58. The van der Waals surface area contributed by atoms with Crippen molar-refractivity contribution in [2.24, 2.45) is 23.2 Å². The first-order chi connectivity index (χ1) is 23.3. The molecule has 276 valence electrons. The van der Waals surface area contributed by atoms with E-state index in [1.807, 2.05) is 17.0 Å². The lowest BCUT2D eigenvalue weighted by Gasteiger charge is -2.53. The second-order valence-electron chi connectivity index (χ2n) is 15.6. The number of piperidine rings is 1. The molecule has 1 unspecified atom stereocenters. The lowest BCUT2D eigenvalue weighted by atomic mass is 9.52. The van der Waals surface area contributed by atoms with E-state index in [2.05, 4.69) is 17.9 Å². The van der Waals surface area contributed by atoms with Crippen LogP contribution in [0.5, 0.6) is 5.75 Å². The maximum Gasteiger partial charge on any atom is 0.453 e. The van der Waals surface area contributed by atoms with Gasteiger partial charge in [-0.3, -0.25) is 4.21 Å². The second-order valence-corrected chi connectivity index (χ2v) is 17.3. The number of nitrogens with zero attached hydrogens (tertiary/aromatic N) is 2. The Balaban J connectivity index is 1.10. The molecular weight excluding hydrogens is 663 g/mol. The van der Waals surface area contributed by atoms with Gasteiger partial charge in [-0.1, -0.05) is 13.0 Å². The molecule has 0 N–H and O–H groups in total. The largest absolute Gasteiger partial charge is 0.453 e. The quantitative estimate of drug-likeness (QED) is 0.216. The summed E-state index contributed by atoms with van der Waals surface area (Å²) in [4.78, 5) is 17.6. The second kappa shape index (κ2) is 15.1. The van der Waals surface area contributed by atoms with Gasteiger partial charge in [0.2, 0.25) is 0 Å². The molecule has 5 aliphatic rings. The zero-order valence-electron chi connectivity index (χ0n) is 29.0. The molecule has 6 nitrogen and oxygen atoms in total. The third-order valence-corrected chi connectivity index (χ3v) is 14.4. The van der Waals surface area contributed by atoms with Crippen molar-refractivity contribution in [3.8, 4) is 5.75 Å². The number of amides is 1. The van der Waals surface area contributed by atoms with Crippen molar-refractivity contribution in [1.29, 1.82) is 0 Å². The van der Waals surface area contributed by atoms with Gasteiger partial charge in [0.15, 0.2) is 0 Å². The predicted octanol–water partition coefficient (Wildman–Crippen LogP) is 8.35. The van der Waals surface area contributed by atoms with Crippen LogP contribution in [0.2, 0.25) is 0 Å². The van der Waals surface area contributed by atoms with Gasteiger partial charge in [-0.25, -0.2) is 4.79 Å². The van der Waals surface area contributed by atoms with Crippen LogP contribution in [0, 0.1) is 23.2 Å². The van der Waals surface area contributed by atoms with E-state index in [1.165, 1.54) is 24.0 Å². The molecule has 0 aromatic heterocycles. The van der Waals surface area contributed by atoms with Crippen molar-refractivity contribution < 1.29 is 40.4 Å². The zero-order chi connectivity index (χ0) is 35.0. The van der Waals surface area contributed by atoms with Crippen LogP contribution in [0.1, 0.15) is 101 Å². The molecule has 2 saturated heterocycles. The monoisotopic (exact) mass is 716 g/mol. The van der Waals surface area contributed by atoms with Crippen LogP contribution >= 0.6 is 0 Å². The summed E-state index contributed by atoms with van der Waals surface area (Å²) in [5.74, 6) is -2.54. The molecule has 0 radical (unpaired) electrons. The van der Waals surface area contributed by atoms with Crippen LogP contribution in [0.15, 0.2) is 18.2 Å². The van der Waals surface area contributed by atoms with Crippen LogP contribution in [0.4, 0.5) is 26.7 Å². The SMILES string of the molecule is CO[C@H]1CC[C@H]2[C@@H]3[C@H](CCCS(=O)CCCC(F)(F)C(F)(F)F)Cc4cc(OC(=O)N5CCC(N6CCCC6)CC5)ccc4[C@H]3CC[C@]12C. The molecule has 49 heavy (non-hydrogen) atoms. The number of methoxy groups -OCH3 is 1. The van der Waals surface area contributed by atoms with Gasteiger partial charge in [0.25, 0.3) is 0 Å². The van der Waals surface area contributed by atoms with Crippen LogP contribution in [0.3, 0.4) is 0 Å². The van der Waals surface area contributed by atoms with Crippen molar-refractivity contribution in [1.82, 2.24) is 9.80 Å². The van der Waals surface area contributed by atoms with Crippen molar-refractivity contribution in [2.75, 3.05) is 44.8 Å². The third kappa shape index (κ3) is 7.86. The van der Waals surface area contributed by atoms with E-state index < -0.39 is 35.7 Å². The first-order valence-corrected chi connectivity index (χ1v) is 20.0. The van der Waals surface area contributed by atoms with E-state index >= 15 is 0 Å². The smallest absolute Gasteiger partial charge is 0.410 e. The summed E-state index contributed by atoms with van der Waals surface area (Å²) < 4.78 is 88.9. The molecule has 2 heterocycles. The van der Waals surface area contributed by atoms with E-state index in [9.17, 15) is 31.0 Å². The fourth-order valence-corrected chi connectivity index (χ4v) is 11.5. The van der Waals surface area contributed by atoms with Crippen LogP contribution in [0.25, 0.3) is 0 Å². The highest BCUT2D eigenvalue weighted by atomic mass is 32.2. The zero-order valence-corrected chi connectivity index (χ0v) is 29.8. The molecule has 1 amide bonds. The normalized spacial score (nSPS) is 31.7. The highest BCUT2D eigenvalue weighted by Gasteiger charge is 2.58. The molecule has 4 fully saturated rings. The number of hydrogen-bond donors (Lipinski definition) is 0. The Hall–Kier alpha value is -1.79. The maximum atomic E-state index is 13.3. The first kappa shape index (κ1) is 37.0. The number of carbonyl (C=O) groups is 1. The fourth-order valence-electron chi connectivity index (χ4n) is 10.3. The van der Waals surface area contributed by atoms with Gasteiger partial charge in [-0.2, -0.15) is 22.0 Å². The summed E-state index contributed by atoms with van der Waals surface area (Å²) >= 11 is 0. The molecule has 1 aromatic carbocycles. The van der Waals surface area contributed by atoms with Crippen LogP contribution in [-0.2, 0) is 22.0 Å². The molecule has 1 aromatic rings. The molecule has 7 atom stereocenters. The highest BCUT2D eigenvalue weighted by molar-refractivity contribution is 7.84. The molecule has 0 bridgehead atoms. The van der Waals surface area contributed by atoms with Gasteiger partial charge in [-0.05, 0) is 142 Å². The molecular formula is C37H53F5N2O4S. The Morgan fingerprint density at radius 3 is 2.39 bits per heavy atom. The minimum Gasteiger partial charge on any atom is -0.410 e. The Labute approximate surface area is 290 Å². The van der Waals surface area contributed by atoms with Crippen molar-refractivity contribution >= 4 is 16.9 Å². The Morgan fingerprint density at radius 2 is 1.69 bits per heavy atom. The molecule has 0 spiro atoms. The molecule has 2 aliphatic heterocycles. The number of rotatable bonds is 11.